The molecule has 1 N–H and O–H groups in total. The van der Waals surface area contributed by atoms with Gasteiger partial charge in [-0.2, -0.15) is 5.10 Å². The Bertz CT molecular complexity index is 744. The van der Waals surface area contributed by atoms with E-state index in [9.17, 15) is 10.1 Å². The molecule has 0 aliphatic rings. The highest BCUT2D eigenvalue weighted by atomic mass is 16.6. The molecule has 2 rings (SSSR count). The van der Waals surface area contributed by atoms with Gasteiger partial charge in [-0.05, 0) is 24.6 Å². The fraction of sp³-hybridized carbons (Fsp3) is 0.188. The Morgan fingerprint density at radius 2 is 1.83 bits per heavy atom. The maximum Gasteiger partial charge on any atom is 0.282 e. The number of benzene rings is 2. The number of aryl methyl sites for hydroxylation is 1. The Hall–Kier alpha value is -3.09. The predicted molar refractivity (Wildman–Crippen MR) is 88.6 cm³/mol. The second-order valence-electron chi connectivity index (χ2n) is 4.71. The van der Waals surface area contributed by atoms with Crippen molar-refractivity contribution in [2.24, 2.45) is 5.10 Å². The van der Waals surface area contributed by atoms with Gasteiger partial charge in [0.2, 0.25) is 0 Å². The van der Waals surface area contributed by atoms with E-state index in [1.54, 1.807) is 0 Å². The molecule has 0 saturated carbocycles. The summed E-state index contributed by atoms with van der Waals surface area (Å²) in [5.74, 6) is 0.693. The van der Waals surface area contributed by atoms with Gasteiger partial charge in [-0.1, -0.05) is 18.2 Å². The molecule has 0 atom stereocenters. The Morgan fingerprint density at radius 1 is 1.17 bits per heavy atom. The van der Waals surface area contributed by atoms with E-state index in [4.69, 9.17) is 9.47 Å². The summed E-state index contributed by atoms with van der Waals surface area (Å²) in [6.45, 7) is 1.94. The van der Waals surface area contributed by atoms with Crippen molar-refractivity contribution in [1.82, 2.24) is 0 Å². The number of rotatable bonds is 6. The fourth-order valence-electron chi connectivity index (χ4n) is 2.02. The Morgan fingerprint density at radius 3 is 2.43 bits per heavy atom. The highest BCUT2D eigenvalue weighted by Gasteiger charge is 2.18. The van der Waals surface area contributed by atoms with E-state index < -0.39 is 4.92 Å². The lowest BCUT2D eigenvalue weighted by Gasteiger charge is -2.08. The smallest absolute Gasteiger partial charge is 0.282 e. The SMILES string of the molecule is COc1cc(C=NNc2ccccc2C)c([N+](=O)[O-])cc1OC. The number of hydrogen-bond donors (Lipinski definition) is 1. The Balaban J connectivity index is 2.32. The van der Waals surface area contributed by atoms with Crippen LogP contribution in [0.1, 0.15) is 11.1 Å². The van der Waals surface area contributed by atoms with Gasteiger partial charge in [0, 0.05) is 0 Å². The highest BCUT2D eigenvalue weighted by molar-refractivity contribution is 5.87. The van der Waals surface area contributed by atoms with Crippen molar-refractivity contribution in [3.05, 3.63) is 57.6 Å². The summed E-state index contributed by atoms with van der Waals surface area (Å²) >= 11 is 0. The number of ether oxygens (including phenoxy) is 2. The average molecular weight is 315 g/mol. The van der Waals surface area contributed by atoms with Gasteiger partial charge in [0.15, 0.2) is 11.5 Å². The number of hydrogen-bond acceptors (Lipinski definition) is 6. The van der Waals surface area contributed by atoms with E-state index >= 15 is 0 Å². The molecule has 0 aromatic heterocycles. The monoisotopic (exact) mass is 315 g/mol. The minimum Gasteiger partial charge on any atom is -0.493 e. The first-order valence-corrected chi connectivity index (χ1v) is 6.82. The summed E-state index contributed by atoms with van der Waals surface area (Å²) < 4.78 is 10.2. The molecule has 2 aromatic carbocycles. The van der Waals surface area contributed by atoms with E-state index in [-0.39, 0.29) is 5.69 Å². The van der Waals surface area contributed by atoms with E-state index in [1.807, 2.05) is 31.2 Å². The van der Waals surface area contributed by atoms with Gasteiger partial charge in [0.05, 0.1) is 42.7 Å². The molecule has 0 aliphatic carbocycles. The number of nitro groups is 1. The standard InChI is InChI=1S/C16H17N3O4/c1-11-6-4-5-7-13(11)18-17-10-12-8-15(22-2)16(23-3)9-14(12)19(20)21/h4-10,18H,1-3H3. The molecule has 0 bridgehead atoms. The minimum absolute atomic E-state index is 0.113. The van der Waals surface area contributed by atoms with Gasteiger partial charge in [0.25, 0.3) is 5.69 Å². The van der Waals surface area contributed by atoms with Crippen molar-refractivity contribution >= 4 is 17.6 Å². The normalized spacial score (nSPS) is 10.6. The lowest BCUT2D eigenvalue weighted by molar-refractivity contribution is -0.385. The Kier molecular flexibility index (Phi) is 5.14. The molecule has 0 radical (unpaired) electrons. The van der Waals surface area contributed by atoms with Crippen LogP contribution in [0.4, 0.5) is 11.4 Å². The molecule has 7 heteroatoms. The first kappa shape index (κ1) is 16.3. The third-order valence-corrected chi connectivity index (χ3v) is 3.26. The van der Waals surface area contributed by atoms with E-state index in [1.165, 1.54) is 32.6 Å². The third kappa shape index (κ3) is 3.76. The summed E-state index contributed by atoms with van der Waals surface area (Å²) in [5, 5.41) is 15.3. The number of nitrogens with zero attached hydrogens (tertiary/aromatic N) is 2. The molecule has 0 aliphatic heterocycles. The summed E-state index contributed by atoms with van der Waals surface area (Å²) in [7, 11) is 2.89. The maximum absolute atomic E-state index is 11.2. The topological polar surface area (TPSA) is 86.0 Å². The van der Waals surface area contributed by atoms with Gasteiger partial charge in [-0.15, -0.1) is 0 Å². The van der Waals surface area contributed by atoms with Crippen molar-refractivity contribution in [2.75, 3.05) is 19.6 Å². The molecule has 2 aromatic rings. The van der Waals surface area contributed by atoms with Crippen LogP contribution < -0.4 is 14.9 Å². The molecule has 0 saturated heterocycles. The van der Waals surface area contributed by atoms with Crippen molar-refractivity contribution in [3.8, 4) is 11.5 Å². The summed E-state index contributed by atoms with van der Waals surface area (Å²) in [6, 6.07) is 10.4. The quantitative estimate of drug-likeness (QED) is 0.502. The largest absolute Gasteiger partial charge is 0.493 e. The molecule has 7 nitrogen and oxygen atoms in total. The second kappa shape index (κ2) is 7.26. The zero-order chi connectivity index (χ0) is 16.8. The molecule has 0 heterocycles. The van der Waals surface area contributed by atoms with Crippen molar-refractivity contribution < 1.29 is 14.4 Å². The number of methoxy groups -OCH3 is 2. The minimum atomic E-state index is -0.489. The van der Waals surface area contributed by atoms with Crippen molar-refractivity contribution in [3.63, 3.8) is 0 Å². The van der Waals surface area contributed by atoms with E-state index in [0.29, 0.717) is 17.1 Å². The van der Waals surface area contributed by atoms with Crippen LogP contribution in [-0.2, 0) is 0 Å². The van der Waals surface area contributed by atoms with Crippen LogP contribution in [-0.4, -0.2) is 25.4 Å². The number of anilines is 1. The fourth-order valence-corrected chi connectivity index (χ4v) is 2.02. The zero-order valence-electron chi connectivity index (χ0n) is 13.1. The number of para-hydroxylation sites is 1. The molecular formula is C16H17N3O4. The summed E-state index contributed by atoms with van der Waals surface area (Å²) in [4.78, 5) is 10.7. The zero-order valence-corrected chi connectivity index (χ0v) is 13.1. The van der Waals surface area contributed by atoms with Gasteiger partial charge >= 0.3 is 0 Å². The van der Waals surface area contributed by atoms with Gasteiger partial charge < -0.3 is 9.47 Å². The number of hydrazone groups is 1. The van der Waals surface area contributed by atoms with Crippen LogP contribution in [0.15, 0.2) is 41.5 Å². The predicted octanol–water partition coefficient (Wildman–Crippen LogP) is 3.37. The third-order valence-electron chi connectivity index (χ3n) is 3.26. The average Bonchev–Trinajstić information content (AvgIpc) is 2.55. The van der Waals surface area contributed by atoms with Crippen LogP contribution in [0.2, 0.25) is 0 Å². The number of nitrogens with one attached hydrogen (secondary N) is 1. The summed E-state index contributed by atoms with van der Waals surface area (Å²) in [5.41, 5.74) is 4.91. The van der Waals surface area contributed by atoms with Crippen LogP contribution in [0, 0.1) is 17.0 Å². The van der Waals surface area contributed by atoms with Gasteiger partial charge in [-0.25, -0.2) is 0 Å². The molecule has 0 amide bonds. The van der Waals surface area contributed by atoms with Crippen molar-refractivity contribution in [1.29, 1.82) is 0 Å². The molecule has 0 fully saturated rings. The first-order chi connectivity index (χ1) is 11.1. The Labute approximate surface area is 133 Å². The second-order valence-corrected chi connectivity index (χ2v) is 4.71. The molecule has 120 valence electrons. The maximum atomic E-state index is 11.2. The van der Waals surface area contributed by atoms with Crippen LogP contribution in [0.25, 0.3) is 0 Å². The molecule has 23 heavy (non-hydrogen) atoms. The lowest BCUT2D eigenvalue weighted by Crippen LogP contribution is -2.00. The molecule has 0 spiro atoms. The highest BCUT2D eigenvalue weighted by Crippen LogP contribution is 2.33. The van der Waals surface area contributed by atoms with Crippen molar-refractivity contribution in [2.45, 2.75) is 6.92 Å². The van der Waals surface area contributed by atoms with Crippen LogP contribution in [0.3, 0.4) is 0 Å². The van der Waals surface area contributed by atoms with Gasteiger partial charge in [0.1, 0.15) is 0 Å². The van der Waals surface area contributed by atoms with E-state index in [0.717, 1.165) is 11.3 Å². The van der Waals surface area contributed by atoms with E-state index in [2.05, 4.69) is 10.5 Å². The molecule has 0 unspecified atom stereocenters. The number of nitro benzene ring substituents is 1. The van der Waals surface area contributed by atoms with Gasteiger partial charge in [-0.3, -0.25) is 15.5 Å². The molecular weight excluding hydrogens is 298 g/mol. The van der Waals surface area contributed by atoms with Crippen LogP contribution >= 0.6 is 0 Å². The lowest BCUT2D eigenvalue weighted by atomic mass is 10.1. The van der Waals surface area contributed by atoms with Crippen LogP contribution in [0.5, 0.6) is 11.5 Å². The first-order valence-electron chi connectivity index (χ1n) is 6.82. The summed E-state index contributed by atoms with van der Waals surface area (Å²) in [6.07, 6.45) is 1.38.